The maximum atomic E-state index is 5.35. The molecule has 20 heavy (non-hydrogen) atoms. The maximum absolute atomic E-state index is 5.35. The molecule has 1 heterocycles. The summed E-state index contributed by atoms with van der Waals surface area (Å²) >= 11 is 0. The summed E-state index contributed by atoms with van der Waals surface area (Å²) in [5.74, 6) is 0. The maximum Gasteiger partial charge on any atom is 0.0713 e. The quantitative estimate of drug-likeness (QED) is 0.733. The van der Waals surface area contributed by atoms with Crippen LogP contribution in [0.4, 0.5) is 0 Å². The lowest BCUT2D eigenvalue weighted by Gasteiger charge is -2.26. The molecule has 1 aromatic carbocycles. The summed E-state index contributed by atoms with van der Waals surface area (Å²) in [4.78, 5) is 2.48. The van der Waals surface area contributed by atoms with E-state index in [4.69, 9.17) is 9.47 Å². The lowest BCUT2D eigenvalue weighted by Crippen LogP contribution is -2.37. The second kappa shape index (κ2) is 9.08. The normalized spacial score (nSPS) is 16.4. The van der Waals surface area contributed by atoms with Crippen molar-refractivity contribution in [2.24, 2.45) is 0 Å². The van der Waals surface area contributed by atoms with E-state index in [1.54, 1.807) is 7.11 Å². The molecule has 0 saturated carbocycles. The summed E-state index contributed by atoms with van der Waals surface area (Å²) in [6, 6.07) is 8.61. The highest BCUT2D eigenvalue weighted by Crippen LogP contribution is 2.05. The Morgan fingerprint density at radius 3 is 2.55 bits per heavy atom. The van der Waals surface area contributed by atoms with Gasteiger partial charge in [-0.25, -0.2) is 0 Å². The molecular formula is C16H26N2O2. The van der Waals surface area contributed by atoms with Gasteiger partial charge in [-0.05, 0) is 30.6 Å². The van der Waals surface area contributed by atoms with Gasteiger partial charge >= 0.3 is 0 Å². The molecular weight excluding hydrogens is 252 g/mol. The smallest absolute Gasteiger partial charge is 0.0713 e. The second-order valence-electron chi connectivity index (χ2n) is 5.23. The van der Waals surface area contributed by atoms with Gasteiger partial charge in [0.25, 0.3) is 0 Å². The minimum absolute atomic E-state index is 0.688. The molecule has 112 valence electrons. The van der Waals surface area contributed by atoms with Gasteiger partial charge in [0.1, 0.15) is 0 Å². The minimum Gasteiger partial charge on any atom is -0.380 e. The van der Waals surface area contributed by atoms with Crippen molar-refractivity contribution in [3.8, 4) is 0 Å². The molecule has 0 bridgehead atoms. The SMILES string of the molecule is COCc1ccc(CNCCCN2CCOCC2)cc1. The van der Waals surface area contributed by atoms with Crippen LogP contribution in [0, 0.1) is 0 Å². The van der Waals surface area contributed by atoms with Crippen LogP contribution in [-0.2, 0) is 22.6 Å². The molecule has 0 atom stereocenters. The van der Waals surface area contributed by atoms with E-state index >= 15 is 0 Å². The second-order valence-corrected chi connectivity index (χ2v) is 5.23. The van der Waals surface area contributed by atoms with Gasteiger partial charge in [0.05, 0.1) is 19.8 Å². The third kappa shape index (κ3) is 5.59. The molecule has 4 heteroatoms. The first-order valence-electron chi connectivity index (χ1n) is 7.46. The zero-order valence-electron chi connectivity index (χ0n) is 12.4. The van der Waals surface area contributed by atoms with Crippen molar-refractivity contribution >= 4 is 0 Å². The van der Waals surface area contributed by atoms with Gasteiger partial charge in [-0.3, -0.25) is 4.90 Å². The van der Waals surface area contributed by atoms with Gasteiger partial charge in [0.2, 0.25) is 0 Å². The summed E-state index contributed by atoms with van der Waals surface area (Å²) in [5.41, 5.74) is 2.56. The Morgan fingerprint density at radius 2 is 1.85 bits per heavy atom. The Morgan fingerprint density at radius 1 is 1.15 bits per heavy atom. The fraction of sp³-hybridized carbons (Fsp3) is 0.625. The van der Waals surface area contributed by atoms with Crippen LogP contribution in [0.5, 0.6) is 0 Å². The summed E-state index contributed by atoms with van der Waals surface area (Å²) in [7, 11) is 1.73. The summed E-state index contributed by atoms with van der Waals surface area (Å²) < 4.78 is 10.5. The number of ether oxygens (including phenoxy) is 2. The number of nitrogens with zero attached hydrogens (tertiary/aromatic N) is 1. The Bertz CT molecular complexity index is 361. The van der Waals surface area contributed by atoms with Gasteiger partial charge in [0, 0.05) is 26.7 Å². The van der Waals surface area contributed by atoms with Crippen LogP contribution < -0.4 is 5.32 Å². The van der Waals surface area contributed by atoms with E-state index in [1.807, 2.05) is 0 Å². The topological polar surface area (TPSA) is 33.7 Å². The summed E-state index contributed by atoms with van der Waals surface area (Å²) in [6.07, 6.45) is 1.20. The zero-order chi connectivity index (χ0) is 14.0. The van der Waals surface area contributed by atoms with Crippen LogP contribution in [0.15, 0.2) is 24.3 Å². The number of nitrogens with one attached hydrogen (secondary N) is 1. The van der Waals surface area contributed by atoms with Crippen molar-refractivity contribution in [2.75, 3.05) is 46.5 Å². The molecule has 0 unspecified atom stereocenters. The average Bonchev–Trinajstić information content (AvgIpc) is 2.50. The molecule has 0 spiro atoms. The number of methoxy groups -OCH3 is 1. The first kappa shape index (κ1) is 15.4. The average molecular weight is 278 g/mol. The first-order valence-corrected chi connectivity index (χ1v) is 7.46. The molecule has 4 nitrogen and oxygen atoms in total. The fourth-order valence-corrected chi connectivity index (χ4v) is 2.41. The van der Waals surface area contributed by atoms with E-state index in [0.717, 1.165) is 39.4 Å². The van der Waals surface area contributed by atoms with Crippen molar-refractivity contribution in [3.63, 3.8) is 0 Å². The van der Waals surface area contributed by atoms with E-state index in [2.05, 4.69) is 34.5 Å². The monoisotopic (exact) mass is 278 g/mol. The van der Waals surface area contributed by atoms with Crippen molar-refractivity contribution in [1.29, 1.82) is 0 Å². The number of morpholine rings is 1. The third-order valence-electron chi connectivity index (χ3n) is 3.59. The van der Waals surface area contributed by atoms with E-state index in [0.29, 0.717) is 6.61 Å². The molecule has 0 radical (unpaired) electrons. The van der Waals surface area contributed by atoms with Crippen molar-refractivity contribution < 1.29 is 9.47 Å². The standard InChI is InChI=1S/C16H26N2O2/c1-19-14-16-5-3-15(4-6-16)13-17-7-2-8-18-9-11-20-12-10-18/h3-6,17H,2,7-14H2,1H3. The third-order valence-corrected chi connectivity index (χ3v) is 3.59. The van der Waals surface area contributed by atoms with E-state index in [1.165, 1.54) is 24.1 Å². The van der Waals surface area contributed by atoms with Crippen molar-refractivity contribution in [3.05, 3.63) is 35.4 Å². The Balaban J connectivity index is 1.56. The zero-order valence-corrected chi connectivity index (χ0v) is 12.4. The fourth-order valence-electron chi connectivity index (χ4n) is 2.41. The van der Waals surface area contributed by atoms with Crippen LogP contribution in [-0.4, -0.2) is 51.4 Å². The minimum atomic E-state index is 0.688. The molecule has 1 N–H and O–H groups in total. The Kier molecular flexibility index (Phi) is 7.01. The molecule has 2 rings (SSSR count). The predicted molar refractivity (Wildman–Crippen MR) is 80.7 cm³/mol. The van der Waals surface area contributed by atoms with Gasteiger partial charge < -0.3 is 14.8 Å². The molecule has 1 fully saturated rings. The molecule has 0 aromatic heterocycles. The van der Waals surface area contributed by atoms with Crippen LogP contribution in [0.3, 0.4) is 0 Å². The number of hydrogen-bond donors (Lipinski definition) is 1. The molecule has 1 saturated heterocycles. The summed E-state index contributed by atoms with van der Waals surface area (Å²) in [5, 5.41) is 3.50. The van der Waals surface area contributed by atoms with Gasteiger partial charge in [0.15, 0.2) is 0 Å². The number of benzene rings is 1. The molecule has 0 aliphatic carbocycles. The van der Waals surface area contributed by atoms with Gasteiger partial charge in [-0.15, -0.1) is 0 Å². The number of rotatable bonds is 8. The molecule has 1 aromatic rings. The predicted octanol–water partition coefficient (Wildman–Crippen LogP) is 1.64. The van der Waals surface area contributed by atoms with E-state index < -0.39 is 0 Å². The molecule has 1 aliphatic heterocycles. The highest BCUT2D eigenvalue weighted by molar-refractivity contribution is 5.21. The highest BCUT2D eigenvalue weighted by Gasteiger charge is 2.08. The first-order chi connectivity index (χ1) is 9.88. The van der Waals surface area contributed by atoms with Crippen LogP contribution in [0.1, 0.15) is 17.5 Å². The van der Waals surface area contributed by atoms with Gasteiger partial charge in [-0.2, -0.15) is 0 Å². The largest absolute Gasteiger partial charge is 0.380 e. The van der Waals surface area contributed by atoms with Crippen LogP contribution >= 0.6 is 0 Å². The van der Waals surface area contributed by atoms with Crippen LogP contribution in [0.25, 0.3) is 0 Å². The van der Waals surface area contributed by atoms with E-state index in [-0.39, 0.29) is 0 Å². The Hall–Kier alpha value is -0.940. The summed E-state index contributed by atoms with van der Waals surface area (Å²) in [6.45, 7) is 7.81. The van der Waals surface area contributed by atoms with Crippen molar-refractivity contribution in [1.82, 2.24) is 10.2 Å². The highest BCUT2D eigenvalue weighted by atomic mass is 16.5. The molecule has 1 aliphatic rings. The van der Waals surface area contributed by atoms with E-state index in [9.17, 15) is 0 Å². The lowest BCUT2D eigenvalue weighted by atomic mass is 10.1. The molecule has 0 amide bonds. The lowest BCUT2D eigenvalue weighted by molar-refractivity contribution is 0.0374. The van der Waals surface area contributed by atoms with Gasteiger partial charge in [-0.1, -0.05) is 24.3 Å². The Labute approximate surface area is 122 Å². The van der Waals surface area contributed by atoms with Crippen molar-refractivity contribution in [2.45, 2.75) is 19.6 Å². The number of hydrogen-bond acceptors (Lipinski definition) is 4. The van der Waals surface area contributed by atoms with Crippen LogP contribution in [0.2, 0.25) is 0 Å².